The van der Waals surface area contributed by atoms with Crippen LogP contribution in [-0.4, -0.2) is 75.4 Å². The van der Waals surface area contributed by atoms with Crippen LogP contribution in [0.25, 0.3) is 21.6 Å². The van der Waals surface area contributed by atoms with Crippen molar-refractivity contribution in [3.8, 4) is 10.7 Å². The molecular weight excluding hydrogens is 761 g/mol. The van der Waals surface area contributed by atoms with Gasteiger partial charge in [-0.15, -0.1) is 22.7 Å². The summed E-state index contributed by atoms with van der Waals surface area (Å²) in [7, 11) is -3.69. The lowest BCUT2D eigenvalue weighted by Crippen LogP contribution is -2.36. The summed E-state index contributed by atoms with van der Waals surface area (Å²) in [5, 5.41) is 17.9. The minimum atomic E-state index is -5.08. The summed E-state index contributed by atoms with van der Waals surface area (Å²) in [4.78, 5) is 34.3. The van der Waals surface area contributed by atoms with E-state index in [9.17, 15) is 34.8 Å². The summed E-state index contributed by atoms with van der Waals surface area (Å²) < 4.78 is 92.4. The fraction of sp³-hybridized carbons (Fsp3) is 0.312. The molecule has 52 heavy (non-hydrogen) atoms. The van der Waals surface area contributed by atoms with Crippen molar-refractivity contribution in [1.29, 1.82) is 0 Å². The molecule has 1 aromatic carbocycles. The number of hydrogen-bond acceptors (Lipinski definition) is 9. The van der Waals surface area contributed by atoms with E-state index in [1.807, 2.05) is 50.5 Å². The predicted molar refractivity (Wildman–Crippen MR) is 183 cm³/mol. The number of aromatic amines is 1. The number of sulfonamides is 1. The summed E-state index contributed by atoms with van der Waals surface area (Å²) >= 11 is 2.91. The normalized spacial score (nSPS) is 15.1. The molecule has 5 heterocycles. The largest absolute Gasteiger partial charge is 0.490 e. The summed E-state index contributed by atoms with van der Waals surface area (Å²) in [5.74, 6) is -5.51. The van der Waals surface area contributed by atoms with E-state index >= 15 is 0 Å². The Kier molecular flexibility index (Phi) is 12.7. The van der Waals surface area contributed by atoms with Gasteiger partial charge in [-0.05, 0) is 68.9 Å². The van der Waals surface area contributed by atoms with Crippen molar-refractivity contribution in [1.82, 2.24) is 19.9 Å². The number of nitrogens with zero attached hydrogens (tertiary/aromatic N) is 4. The fourth-order valence-electron chi connectivity index (χ4n) is 5.26. The molecule has 280 valence electrons. The maximum absolute atomic E-state index is 13.6. The Morgan fingerprint density at radius 2 is 1.67 bits per heavy atom. The molecule has 11 nitrogen and oxygen atoms in total. The van der Waals surface area contributed by atoms with Gasteiger partial charge in [0.2, 0.25) is 0 Å². The van der Waals surface area contributed by atoms with Crippen LogP contribution in [0, 0.1) is 0 Å². The number of fused-ring (bicyclic) bond motifs is 1. The number of aromatic nitrogens is 3. The zero-order valence-corrected chi connectivity index (χ0v) is 29.7. The number of carboxylic acid groups (broad SMARTS) is 2. The second kappa shape index (κ2) is 16.4. The number of rotatable bonds is 8. The summed E-state index contributed by atoms with van der Waals surface area (Å²) in [6.07, 6.45) is -4.05. The number of carbonyl (C=O) groups is 2. The topological polar surface area (TPSA) is 157 Å². The van der Waals surface area contributed by atoms with Crippen molar-refractivity contribution in [2.24, 2.45) is 0 Å². The molecule has 0 amide bonds. The SMILES string of the molecule is CC(C)N(c1cccc2cc(-c3ncc(CN4CCCC4c4ccccn4)s3)[nH]c12)S(=O)(=O)c1cccs1.O=C(O)C(F)(F)F.O=C(O)C(F)(F)F. The quantitative estimate of drug-likeness (QED) is 0.133. The Balaban J connectivity index is 0.000000367. The molecule has 0 bridgehead atoms. The minimum Gasteiger partial charge on any atom is -0.475 e. The number of anilines is 1. The summed E-state index contributed by atoms with van der Waals surface area (Å²) in [6.45, 7) is 5.69. The second-order valence-electron chi connectivity index (χ2n) is 11.4. The third kappa shape index (κ3) is 9.87. The molecule has 1 aliphatic rings. The van der Waals surface area contributed by atoms with Crippen LogP contribution < -0.4 is 4.31 Å². The second-order valence-corrected chi connectivity index (χ2v) is 15.5. The molecule has 1 saturated heterocycles. The molecule has 1 unspecified atom stereocenters. The summed E-state index contributed by atoms with van der Waals surface area (Å²) in [5.41, 5.74) is 3.46. The van der Waals surface area contributed by atoms with E-state index in [-0.39, 0.29) is 6.04 Å². The Labute approximate surface area is 301 Å². The number of alkyl halides is 6. The van der Waals surface area contributed by atoms with Gasteiger partial charge in [0, 0.05) is 35.2 Å². The molecule has 6 rings (SSSR count). The molecule has 0 radical (unpaired) electrons. The standard InChI is InChI=1S/C28H29N5O2S3.2C2HF3O2/c1-19(2)33(38(34,35)26-12-7-15-36-26)25-10-5-8-20-16-23(31-27(20)25)28-30-17-21(37-28)18-32-14-6-11-24(32)22-9-3-4-13-29-22;2*3-2(4,5)1(6)7/h3-5,7-10,12-13,15-17,19,24,31H,6,11,14,18H2,1-2H3;2*(H,6,7). The molecule has 20 heteroatoms. The third-order valence-electron chi connectivity index (χ3n) is 7.37. The maximum Gasteiger partial charge on any atom is 0.490 e. The smallest absolute Gasteiger partial charge is 0.475 e. The van der Waals surface area contributed by atoms with Crippen LogP contribution in [0.4, 0.5) is 32.0 Å². The minimum absolute atomic E-state index is 0.251. The number of likely N-dealkylation sites (tertiary alicyclic amines) is 1. The summed E-state index contributed by atoms with van der Waals surface area (Å²) in [6, 6.07) is 17.5. The predicted octanol–water partition coefficient (Wildman–Crippen LogP) is 7.96. The van der Waals surface area contributed by atoms with E-state index in [1.54, 1.807) is 28.8 Å². The number of hydrogen-bond donors (Lipinski definition) is 3. The molecule has 5 aromatic rings. The van der Waals surface area contributed by atoms with Gasteiger partial charge in [-0.2, -0.15) is 26.3 Å². The number of halogens is 6. The first-order chi connectivity index (χ1) is 24.3. The van der Waals surface area contributed by atoms with Gasteiger partial charge in [-0.1, -0.05) is 24.3 Å². The van der Waals surface area contributed by atoms with Crippen molar-refractivity contribution < 1.29 is 54.6 Å². The first kappa shape index (κ1) is 40.2. The number of H-pyrrole nitrogens is 1. The van der Waals surface area contributed by atoms with Crippen LogP contribution >= 0.6 is 22.7 Å². The van der Waals surface area contributed by atoms with Gasteiger partial charge < -0.3 is 15.2 Å². The van der Waals surface area contributed by atoms with Crippen molar-refractivity contribution in [3.05, 3.63) is 82.9 Å². The van der Waals surface area contributed by atoms with Gasteiger partial charge in [0.15, 0.2) is 0 Å². The lowest BCUT2D eigenvalue weighted by Gasteiger charge is -2.28. The van der Waals surface area contributed by atoms with Crippen LogP contribution in [0.3, 0.4) is 0 Å². The number of carboxylic acids is 2. The average Bonchev–Trinajstić information content (AvgIpc) is 3.89. The highest BCUT2D eigenvalue weighted by molar-refractivity contribution is 7.94. The van der Waals surface area contributed by atoms with Crippen molar-refractivity contribution in [2.75, 3.05) is 10.8 Å². The van der Waals surface area contributed by atoms with E-state index in [2.05, 4.69) is 33.1 Å². The molecule has 1 fully saturated rings. The molecule has 1 atom stereocenters. The van der Waals surface area contributed by atoms with Crippen LogP contribution in [0.2, 0.25) is 0 Å². The monoisotopic (exact) mass is 791 g/mol. The van der Waals surface area contributed by atoms with Crippen molar-refractivity contribution >= 4 is 61.2 Å². The number of thiazole rings is 1. The van der Waals surface area contributed by atoms with Gasteiger partial charge in [-0.25, -0.2) is 23.0 Å². The number of nitrogens with one attached hydrogen (secondary N) is 1. The molecule has 1 aliphatic heterocycles. The lowest BCUT2D eigenvalue weighted by atomic mass is 10.1. The molecular formula is C32H31F6N5O6S3. The van der Waals surface area contributed by atoms with Crippen LogP contribution in [0.15, 0.2) is 76.6 Å². The zero-order valence-electron chi connectivity index (χ0n) is 27.2. The average molecular weight is 792 g/mol. The zero-order chi connectivity index (χ0) is 38.4. The van der Waals surface area contributed by atoms with Crippen LogP contribution in [0.5, 0.6) is 0 Å². The van der Waals surface area contributed by atoms with Gasteiger partial charge in [-0.3, -0.25) is 14.2 Å². The Morgan fingerprint density at radius 3 is 2.23 bits per heavy atom. The highest BCUT2D eigenvalue weighted by Crippen LogP contribution is 2.38. The fourth-order valence-corrected chi connectivity index (χ4v) is 8.92. The van der Waals surface area contributed by atoms with Crippen molar-refractivity contribution in [2.45, 2.75) is 61.9 Å². The molecule has 3 N–H and O–H groups in total. The highest BCUT2D eigenvalue weighted by atomic mass is 32.2. The van der Waals surface area contributed by atoms with Crippen LogP contribution in [-0.2, 0) is 26.2 Å². The van der Waals surface area contributed by atoms with Crippen LogP contribution in [0.1, 0.15) is 43.3 Å². The Hall–Kier alpha value is -4.53. The number of pyridine rings is 1. The maximum atomic E-state index is 13.6. The van der Waals surface area contributed by atoms with Gasteiger partial charge in [0.1, 0.15) is 9.22 Å². The molecule has 0 saturated carbocycles. The van der Waals surface area contributed by atoms with E-state index in [4.69, 9.17) is 24.8 Å². The van der Waals surface area contributed by atoms with Gasteiger partial charge in [0.05, 0.1) is 28.6 Å². The molecule has 4 aromatic heterocycles. The lowest BCUT2D eigenvalue weighted by molar-refractivity contribution is -0.193. The number of aliphatic carboxylic acids is 2. The number of para-hydroxylation sites is 1. The Morgan fingerprint density at radius 1 is 1.00 bits per heavy atom. The van der Waals surface area contributed by atoms with E-state index in [1.165, 1.54) is 26.9 Å². The van der Waals surface area contributed by atoms with Crippen molar-refractivity contribution in [3.63, 3.8) is 0 Å². The number of benzene rings is 1. The first-order valence-electron chi connectivity index (χ1n) is 15.2. The number of thiophene rings is 1. The van der Waals surface area contributed by atoms with E-state index < -0.39 is 34.3 Å². The molecule has 0 aliphatic carbocycles. The Bertz CT molecular complexity index is 2040. The first-order valence-corrected chi connectivity index (χ1v) is 18.3. The van der Waals surface area contributed by atoms with E-state index in [0.717, 1.165) is 46.8 Å². The third-order valence-corrected chi connectivity index (χ3v) is 11.7. The highest BCUT2D eigenvalue weighted by Gasteiger charge is 2.39. The van der Waals surface area contributed by atoms with Gasteiger partial charge >= 0.3 is 24.3 Å². The van der Waals surface area contributed by atoms with Gasteiger partial charge in [0.25, 0.3) is 10.0 Å². The molecule has 0 spiro atoms. The van der Waals surface area contributed by atoms with E-state index in [0.29, 0.717) is 15.9 Å².